The zero-order valence-corrected chi connectivity index (χ0v) is 15.7. The molecule has 2 aromatic carbocycles. The number of aryl methyl sites for hydroxylation is 1. The lowest BCUT2D eigenvalue weighted by molar-refractivity contribution is 0.103. The third-order valence-corrected chi connectivity index (χ3v) is 5.11. The van der Waals surface area contributed by atoms with E-state index in [1.165, 1.54) is 16.9 Å². The molecule has 0 spiro atoms. The van der Waals surface area contributed by atoms with Crippen molar-refractivity contribution in [3.05, 3.63) is 80.0 Å². The van der Waals surface area contributed by atoms with E-state index in [-0.39, 0.29) is 5.91 Å². The number of carbonyl (C=O) groups excluding carboxylic acids is 1. The minimum absolute atomic E-state index is 0.249. The molecule has 0 saturated carbocycles. The molecule has 0 bridgehead atoms. The van der Waals surface area contributed by atoms with Crippen LogP contribution in [0.4, 0.5) is 5.69 Å². The summed E-state index contributed by atoms with van der Waals surface area (Å²) in [7, 11) is 0. The monoisotopic (exact) mass is 391 g/mol. The number of hydrogen-bond acceptors (Lipinski definition) is 3. The molecule has 25 heavy (non-hydrogen) atoms. The van der Waals surface area contributed by atoms with E-state index in [1.54, 1.807) is 24.3 Å². The first-order valence-electron chi connectivity index (χ1n) is 7.55. The molecule has 0 saturated heterocycles. The third kappa shape index (κ3) is 4.54. The van der Waals surface area contributed by atoms with Gasteiger partial charge < -0.3 is 10.1 Å². The van der Waals surface area contributed by atoms with Gasteiger partial charge in [-0.3, -0.25) is 4.79 Å². The topological polar surface area (TPSA) is 38.3 Å². The van der Waals surface area contributed by atoms with E-state index < -0.39 is 0 Å². The van der Waals surface area contributed by atoms with Crippen LogP contribution in [0.3, 0.4) is 0 Å². The van der Waals surface area contributed by atoms with Crippen LogP contribution in [0, 0.1) is 6.92 Å². The van der Waals surface area contributed by atoms with E-state index in [4.69, 9.17) is 27.9 Å². The lowest BCUT2D eigenvalue weighted by Crippen LogP contribution is -2.11. The van der Waals surface area contributed by atoms with E-state index in [0.29, 0.717) is 27.2 Å². The van der Waals surface area contributed by atoms with Gasteiger partial charge in [0.1, 0.15) is 12.4 Å². The van der Waals surface area contributed by atoms with Crippen molar-refractivity contribution in [1.82, 2.24) is 0 Å². The Balaban J connectivity index is 1.64. The van der Waals surface area contributed by atoms with Gasteiger partial charge in [0.05, 0.1) is 20.6 Å². The van der Waals surface area contributed by atoms with Crippen LogP contribution in [0.1, 0.15) is 20.8 Å². The van der Waals surface area contributed by atoms with Crippen LogP contribution < -0.4 is 10.1 Å². The van der Waals surface area contributed by atoms with Crippen LogP contribution in [-0.2, 0) is 6.61 Å². The normalized spacial score (nSPS) is 10.5. The van der Waals surface area contributed by atoms with E-state index in [9.17, 15) is 4.79 Å². The summed E-state index contributed by atoms with van der Waals surface area (Å²) in [5.41, 5.74) is 2.53. The number of benzene rings is 2. The van der Waals surface area contributed by atoms with Gasteiger partial charge in [-0.05, 0) is 42.6 Å². The second-order valence-electron chi connectivity index (χ2n) is 5.47. The third-order valence-electron chi connectivity index (χ3n) is 3.51. The lowest BCUT2D eigenvalue weighted by atomic mass is 10.2. The van der Waals surface area contributed by atoms with Crippen molar-refractivity contribution in [2.75, 3.05) is 5.32 Å². The summed E-state index contributed by atoms with van der Waals surface area (Å²) in [5.74, 6) is 0.548. The van der Waals surface area contributed by atoms with E-state index in [2.05, 4.69) is 5.32 Å². The summed E-state index contributed by atoms with van der Waals surface area (Å²) < 4.78 is 5.73. The number of thiophene rings is 1. The molecule has 1 heterocycles. The Labute approximate surface area is 160 Å². The zero-order chi connectivity index (χ0) is 17.8. The first kappa shape index (κ1) is 17.8. The van der Waals surface area contributed by atoms with Crippen LogP contribution in [-0.4, -0.2) is 5.91 Å². The van der Waals surface area contributed by atoms with Gasteiger partial charge in [-0.25, -0.2) is 0 Å². The molecular formula is C19H15Cl2NO2S. The molecule has 3 rings (SSSR count). The molecule has 0 aliphatic rings. The number of nitrogens with one attached hydrogen (secondary N) is 1. The Hall–Kier alpha value is -2.01. The second kappa shape index (κ2) is 7.91. The number of hydrogen-bond donors (Lipinski definition) is 1. The summed E-state index contributed by atoms with van der Waals surface area (Å²) >= 11 is 13.5. The van der Waals surface area contributed by atoms with Crippen LogP contribution in [0.2, 0.25) is 10.0 Å². The largest absolute Gasteiger partial charge is 0.489 e. The maximum absolute atomic E-state index is 12.4. The van der Waals surface area contributed by atoms with Gasteiger partial charge in [-0.15, -0.1) is 11.3 Å². The molecule has 3 nitrogen and oxygen atoms in total. The zero-order valence-electron chi connectivity index (χ0n) is 13.4. The van der Waals surface area contributed by atoms with Crippen molar-refractivity contribution in [3.8, 4) is 5.75 Å². The maximum Gasteiger partial charge on any atom is 0.265 e. The fourth-order valence-electron chi connectivity index (χ4n) is 2.16. The predicted molar refractivity (Wildman–Crippen MR) is 104 cm³/mol. The fourth-order valence-corrected chi connectivity index (χ4v) is 3.45. The van der Waals surface area contributed by atoms with Crippen molar-refractivity contribution >= 4 is 46.1 Å². The van der Waals surface area contributed by atoms with Gasteiger partial charge in [0.25, 0.3) is 5.91 Å². The first-order chi connectivity index (χ1) is 12.0. The van der Waals surface area contributed by atoms with Crippen molar-refractivity contribution in [3.63, 3.8) is 0 Å². The second-order valence-corrected chi connectivity index (χ2v) is 7.20. The highest BCUT2D eigenvalue weighted by atomic mass is 35.5. The first-order valence-corrected chi connectivity index (χ1v) is 9.19. The molecule has 0 aliphatic carbocycles. The molecule has 3 aromatic rings. The highest BCUT2D eigenvalue weighted by Gasteiger charge is 2.13. The SMILES string of the molecule is Cc1ccc(OCc2csc(C(=O)Nc3c(Cl)cccc3Cl)c2)cc1. The molecule has 0 fully saturated rings. The molecule has 0 atom stereocenters. The van der Waals surface area contributed by atoms with Crippen molar-refractivity contribution in [1.29, 1.82) is 0 Å². The van der Waals surface area contributed by atoms with Gasteiger partial charge in [-0.2, -0.15) is 0 Å². The van der Waals surface area contributed by atoms with Crippen LogP contribution >= 0.6 is 34.5 Å². The number of para-hydroxylation sites is 1. The summed E-state index contributed by atoms with van der Waals surface area (Å²) in [6.07, 6.45) is 0. The molecule has 0 unspecified atom stereocenters. The molecular weight excluding hydrogens is 377 g/mol. The highest BCUT2D eigenvalue weighted by Crippen LogP contribution is 2.30. The Morgan fingerprint density at radius 3 is 2.48 bits per heavy atom. The van der Waals surface area contributed by atoms with E-state index in [1.807, 2.05) is 36.6 Å². The quantitative estimate of drug-likeness (QED) is 0.562. The van der Waals surface area contributed by atoms with Crippen molar-refractivity contribution < 1.29 is 9.53 Å². The van der Waals surface area contributed by atoms with Gasteiger partial charge >= 0.3 is 0 Å². The van der Waals surface area contributed by atoms with E-state index in [0.717, 1.165) is 11.3 Å². The number of halogens is 2. The summed E-state index contributed by atoms with van der Waals surface area (Å²) in [6.45, 7) is 2.43. The van der Waals surface area contributed by atoms with Crippen molar-refractivity contribution in [2.45, 2.75) is 13.5 Å². The number of rotatable bonds is 5. The number of carbonyl (C=O) groups is 1. The Morgan fingerprint density at radius 1 is 1.12 bits per heavy atom. The molecule has 1 aromatic heterocycles. The highest BCUT2D eigenvalue weighted by molar-refractivity contribution is 7.12. The summed E-state index contributed by atoms with van der Waals surface area (Å²) in [6, 6.07) is 14.7. The molecule has 1 amide bonds. The average Bonchev–Trinajstić information content (AvgIpc) is 3.07. The smallest absolute Gasteiger partial charge is 0.265 e. The van der Waals surface area contributed by atoms with Gasteiger partial charge in [0.15, 0.2) is 0 Å². The van der Waals surface area contributed by atoms with Crippen LogP contribution in [0.25, 0.3) is 0 Å². The number of anilines is 1. The van der Waals surface area contributed by atoms with Gasteiger partial charge in [-0.1, -0.05) is 47.0 Å². The number of ether oxygens (including phenoxy) is 1. The minimum Gasteiger partial charge on any atom is -0.489 e. The Bertz CT molecular complexity index is 870. The van der Waals surface area contributed by atoms with Gasteiger partial charge in [0, 0.05) is 5.56 Å². The Kier molecular flexibility index (Phi) is 5.63. The summed E-state index contributed by atoms with van der Waals surface area (Å²) in [4.78, 5) is 13.0. The molecule has 0 aliphatic heterocycles. The summed E-state index contributed by atoms with van der Waals surface area (Å²) in [5, 5.41) is 5.46. The van der Waals surface area contributed by atoms with Crippen molar-refractivity contribution in [2.24, 2.45) is 0 Å². The lowest BCUT2D eigenvalue weighted by Gasteiger charge is -2.07. The van der Waals surface area contributed by atoms with Crippen LogP contribution in [0.5, 0.6) is 5.75 Å². The fraction of sp³-hybridized carbons (Fsp3) is 0.105. The molecule has 1 N–H and O–H groups in total. The number of amides is 1. The van der Waals surface area contributed by atoms with E-state index >= 15 is 0 Å². The minimum atomic E-state index is -0.249. The average molecular weight is 392 g/mol. The van der Waals surface area contributed by atoms with Crippen LogP contribution in [0.15, 0.2) is 53.9 Å². The molecule has 128 valence electrons. The standard InChI is InChI=1S/C19H15Cl2NO2S/c1-12-5-7-14(8-6-12)24-10-13-9-17(25-11-13)19(23)22-18-15(20)3-2-4-16(18)21/h2-9,11H,10H2,1H3,(H,22,23). The maximum atomic E-state index is 12.4. The van der Waals surface area contributed by atoms with Gasteiger partial charge in [0.2, 0.25) is 0 Å². The predicted octanol–water partition coefficient (Wildman–Crippen LogP) is 6.19. The molecule has 6 heteroatoms. The molecule has 0 radical (unpaired) electrons. The Morgan fingerprint density at radius 2 is 1.80 bits per heavy atom.